The van der Waals surface area contributed by atoms with Gasteiger partial charge in [-0.3, -0.25) is 0 Å². The van der Waals surface area contributed by atoms with E-state index in [-0.39, 0.29) is 6.10 Å². The third-order valence-corrected chi connectivity index (χ3v) is 6.20. The summed E-state index contributed by atoms with van der Waals surface area (Å²) < 4.78 is 18.8. The lowest BCUT2D eigenvalue weighted by molar-refractivity contribution is 0.212. The molecule has 0 aromatic heterocycles. The van der Waals surface area contributed by atoms with Gasteiger partial charge in [0, 0.05) is 20.7 Å². The van der Waals surface area contributed by atoms with Crippen LogP contribution in [0.4, 0.5) is 10.1 Å². The number of fused-ring (bicyclic) bond motifs is 1. The molecule has 2 atom stereocenters. The van der Waals surface area contributed by atoms with Crippen LogP contribution in [0, 0.1) is 0 Å². The molecule has 0 radical (unpaired) electrons. The molecule has 0 aliphatic heterocycles. The molecule has 0 heterocycles. The fourth-order valence-corrected chi connectivity index (χ4v) is 4.58. The topological polar surface area (TPSA) is 35.2 Å². The smallest absolute Gasteiger partial charge is 0.108 e. The van der Waals surface area contributed by atoms with Crippen LogP contribution in [-0.4, -0.2) is 6.67 Å². The Kier molecular flexibility index (Phi) is 7.82. The fourth-order valence-electron chi connectivity index (χ4n) is 3.65. The van der Waals surface area contributed by atoms with Crippen molar-refractivity contribution in [3.63, 3.8) is 0 Å². The summed E-state index contributed by atoms with van der Waals surface area (Å²) in [6, 6.07) is 14.8. The summed E-state index contributed by atoms with van der Waals surface area (Å²) in [4.78, 5) is 0. The highest BCUT2D eigenvalue weighted by Crippen LogP contribution is 2.40. The van der Waals surface area contributed by atoms with E-state index in [0.717, 1.165) is 42.2 Å². The summed E-state index contributed by atoms with van der Waals surface area (Å²) >= 11 is 0. The summed E-state index contributed by atoms with van der Waals surface area (Å²) in [6.07, 6.45) is 10.4. The van der Waals surface area contributed by atoms with Crippen molar-refractivity contribution in [2.45, 2.75) is 44.9 Å². The van der Waals surface area contributed by atoms with Crippen molar-refractivity contribution in [2.24, 2.45) is 0 Å². The van der Waals surface area contributed by atoms with Gasteiger partial charge in [-0.2, -0.15) is 0 Å². The Hall–Kier alpha value is -1.96. The molecule has 2 N–H and O–H groups in total. The Balaban J connectivity index is 1.73. The normalized spacial score (nSPS) is 17.5. The maximum absolute atomic E-state index is 12.5. The number of aryl methyl sites for hydroxylation is 1. The van der Waals surface area contributed by atoms with E-state index in [1.165, 1.54) is 16.7 Å². The molecule has 0 bridgehead atoms. The van der Waals surface area contributed by atoms with E-state index >= 15 is 0 Å². The minimum Gasteiger partial charge on any atom is -0.398 e. The lowest BCUT2D eigenvalue weighted by Crippen LogP contribution is -2.12. The van der Waals surface area contributed by atoms with Crippen LogP contribution in [0.15, 0.2) is 66.3 Å². The van der Waals surface area contributed by atoms with E-state index in [1.54, 1.807) is 6.08 Å². The number of nitrogen functional groups attached to an aromatic ring is 1. The predicted octanol–water partition coefficient (Wildman–Crippen LogP) is 6.47. The highest BCUT2D eigenvalue weighted by atomic mass is 31.1. The standard InChI is InChI=1S/C24H29FNOP/c1-2-18(10-7-13-25)14-21-15-22-20(16-23(21)26)11-6-12-24(22)27-28-17-19-8-4-3-5-9-19/h2-5,7-10,15-16,24,28H,6,11-14,17,26H2,1H3/b10-7-,18-2-. The van der Waals surface area contributed by atoms with Gasteiger partial charge >= 0.3 is 0 Å². The third kappa shape index (κ3) is 5.53. The number of hydrogen-bond acceptors (Lipinski definition) is 2. The minimum absolute atomic E-state index is 0.139. The van der Waals surface area contributed by atoms with Gasteiger partial charge in [0.25, 0.3) is 0 Å². The second-order valence-electron chi connectivity index (χ2n) is 7.15. The molecular formula is C24H29FNOP. The number of rotatable bonds is 8. The van der Waals surface area contributed by atoms with Crippen molar-refractivity contribution in [1.29, 1.82) is 0 Å². The van der Waals surface area contributed by atoms with E-state index in [9.17, 15) is 4.39 Å². The van der Waals surface area contributed by atoms with Crippen molar-refractivity contribution >= 4 is 14.5 Å². The van der Waals surface area contributed by atoms with Gasteiger partial charge in [-0.1, -0.05) is 54.6 Å². The number of halogens is 1. The van der Waals surface area contributed by atoms with Crippen LogP contribution in [0.3, 0.4) is 0 Å². The molecule has 4 heteroatoms. The Labute approximate surface area is 169 Å². The first-order valence-electron chi connectivity index (χ1n) is 9.92. The quantitative estimate of drug-likeness (QED) is 0.315. The number of nitrogens with two attached hydrogens (primary N) is 1. The van der Waals surface area contributed by atoms with Crippen LogP contribution in [0.25, 0.3) is 0 Å². The molecule has 0 amide bonds. The zero-order chi connectivity index (χ0) is 19.8. The molecular weight excluding hydrogens is 368 g/mol. The van der Waals surface area contributed by atoms with Gasteiger partial charge in [-0.05, 0) is 66.5 Å². The molecule has 2 nitrogen and oxygen atoms in total. The molecule has 0 saturated heterocycles. The Morgan fingerprint density at radius 2 is 2.11 bits per heavy atom. The number of benzene rings is 2. The molecule has 2 unspecified atom stereocenters. The van der Waals surface area contributed by atoms with Crippen LogP contribution in [0.1, 0.15) is 48.1 Å². The summed E-state index contributed by atoms with van der Waals surface area (Å²) in [5, 5.41) is 0. The summed E-state index contributed by atoms with van der Waals surface area (Å²) in [6.45, 7) is 1.53. The molecule has 28 heavy (non-hydrogen) atoms. The van der Waals surface area contributed by atoms with E-state index in [4.69, 9.17) is 10.3 Å². The lowest BCUT2D eigenvalue weighted by Gasteiger charge is -2.27. The van der Waals surface area contributed by atoms with Crippen molar-refractivity contribution < 1.29 is 8.91 Å². The van der Waals surface area contributed by atoms with Crippen LogP contribution in [-0.2, 0) is 23.5 Å². The maximum Gasteiger partial charge on any atom is 0.108 e. The molecule has 2 aromatic rings. The van der Waals surface area contributed by atoms with Gasteiger partial charge < -0.3 is 10.3 Å². The SMILES string of the molecule is C/C=C(/C=C\CF)Cc1cc2c(cc1N)CCCC2OPCc1ccccc1. The molecule has 1 aliphatic rings. The molecule has 3 rings (SSSR count). The number of anilines is 1. The Morgan fingerprint density at radius 1 is 1.29 bits per heavy atom. The average molecular weight is 397 g/mol. The maximum atomic E-state index is 12.5. The molecule has 2 aromatic carbocycles. The van der Waals surface area contributed by atoms with Crippen LogP contribution >= 0.6 is 8.81 Å². The highest BCUT2D eigenvalue weighted by Gasteiger charge is 2.22. The predicted molar refractivity (Wildman–Crippen MR) is 119 cm³/mol. The average Bonchev–Trinajstić information content (AvgIpc) is 2.72. The van der Waals surface area contributed by atoms with E-state index < -0.39 is 6.67 Å². The first-order valence-corrected chi connectivity index (χ1v) is 11.0. The molecule has 0 saturated carbocycles. The zero-order valence-corrected chi connectivity index (χ0v) is 17.5. The summed E-state index contributed by atoms with van der Waals surface area (Å²) in [5.74, 6) is 0. The molecule has 1 aliphatic carbocycles. The number of alkyl halides is 1. The van der Waals surface area contributed by atoms with Gasteiger partial charge in [-0.25, -0.2) is 4.39 Å². The van der Waals surface area contributed by atoms with Crippen molar-refractivity contribution in [2.75, 3.05) is 12.4 Å². The van der Waals surface area contributed by atoms with E-state index in [0.29, 0.717) is 15.2 Å². The van der Waals surface area contributed by atoms with E-state index in [2.05, 4.69) is 36.4 Å². The Bertz CT molecular complexity index is 832. The van der Waals surface area contributed by atoms with Crippen molar-refractivity contribution in [1.82, 2.24) is 0 Å². The van der Waals surface area contributed by atoms with Crippen LogP contribution in [0.5, 0.6) is 0 Å². The largest absolute Gasteiger partial charge is 0.398 e. The van der Waals surface area contributed by atoms with Gasteiger partial charge in [0.1, 0.15) is 6.67 Å². The molecule has 148 valence electrons. The summed E-state index contributed by atoms with van der Waals surface area (Å²) in [7, 11) is 0.447. The van der Waals surface area contributed by atoms with Gasteiger partial charge in [0.15, 0.2) is 0 Å². The van der Waals surface area contributed by atoms with Crippen LogP contribution < -0.4 is 5.73 Å². The molecule has 0 fully saturated rings. The first kappa shape index (κ1) is 20.8. The first-order chi connectivity index (χ1) is 13.7. The third-order valence-electron chi connectivity index (χ3n) is 5.19. The second-order valence-corrected chi connectivity index (χ2v) is 8.03. The number of hydrogen-bond donors (Lipinski definition) is 1. The fraction of sp³-hybridized carbons (Fsp3) is 0.333. The van der Waals surface area contributed by atoms with Crippen LogP contribution in [0.2, 0.25) is 0 Å². The monoisotopic (exact) mass is 397 g/mol. The minimum atomic E-state index is -0.449. The van der Waals surface area contributed by atoms with Crippen molar-refractivity contribution in [3.05, 3.63) is 88.5 Å². The Morgan fingerprint density at radius 3 is 2.86 bits per heavy atom. The second kappa shape index (κ2) is 10.5. The molecule has 0 spiro atoms. The van der Waals surface area contributed by atoms with Crippen molar-refractivity contribution in [3.8, 4) is 0 Å². The zero-order valence-electron chi connectivity index (χ0n) is 16.5. The highest BCUT2D eigenvalue weighted by molar-refractivity contribution is 7.31. The van der Waals surface area contributed by atoms with Gasteiger partial charge in [0.2, 0.25) is 0 Å². The number of allylic oxidation sites excluding steroid dienone is 4. The summed E-state index contributed by atoms with van der Waals surface area (Å²) in [5.41, 5.74) is 13.2. The van der Waals surface area contributed by atoms with Gasteiger partial charge in [-0.15, -0.1) is 0 Å². The van der Waals surface area contributed by atoms with Gasteiger partial charge in [0.05, 0.1) is 6.10 Å². The van der Waals surface area contributed by atoms with E-state index in [1.807, 2.05) is 25.1 Å². The lowest BCUT2D eigenvalue weighted by atomic mass is 9.86.